The molecule has 1 amide bonds. The zero-order chi connectivity index (χ0) is 20.1. The van der Waals surface area contributed by atoms with E-state index in [0.717, 1.165) is 36.6 Å². The smallest absolute Gasteiger partial charge is 0.251 e. The van der Waals surface area contributed by atoms with Crippen LogP contribution in [0.2, 0.25) is 0 Å². The molecule has 1 saturated heterocycles. The van der Waals surface area contributed by atoms with Gasteiger partial charge in [0.2, 0.25) is 0 Å². The Morgan fingerprint density at radius 2 is 2.11 bits per heavy atom. The van der Waals surface area contributed by atoms with E-state index in [4.69, 9.17) is 9.47 Å². The predicted octanol–water partition coefficient (Wildman–Crippen LogP) is 2.24. The molecule has 1 atom stereocenters. The van der Waals surface area contributed by atoms with E-state index in [2.05, 4.69) is 25.5 Å². The number of amides is 1. The Bertz CT molecular complexity index is 843. The Balaban J connectivity index is 1.70. The van der Waals surface area contributed by atoms with Gasteiger partial charge in [0.1, 0.15) is 18.0 Å². The van der Waals surface area contributed by atoms with E-state index in [1.807, 2.05) is 20.0 Å². The first kappa shape index (κ1) is 19.7. The molecule has 1 fully saturated rings. The lowest BCUT2D eigenvalue weighted by molar-refractivity contribution is 0.0950. The molecule has 1 unspecified atom stereocenters. The van der Waals surface area contributed by atoms with Gasteiger partial charge in [0, 0.05) is 43.4 Å². The van der Waals surface area contributed by atoms with Gasteiger partial charge in [-0.2, -0.15) is 0 Å². The van der Waals surface area contributed by atoms with Gasteiger partial charge in [-0.25, -0.2) is 9.97 Å². The van der Waals surface area contributed by atoms with Crippen molar-refractivity contribution < 1.29 is 14.3 Å². The molecule has 0 radical (unpaired) electrons. The minimum Gasteiger partial charge on any atom is -0.493 e. The lowest BCUT2D eigenvalue weighted by Crippen LogP contribution is -2.40. The van der Waals surface area contributed by atoms with E-state index < -0.39 is 0 Å². The van der Waals surface area contributed by atoms with Gasteiger partial charge in [0.05, 0.1) is 14.2 Å². The van der Waals surface area contributed by atoms with Crippen LogP contribution in [0.15, 0.2) is 24.5 Å². The highest BCUT2D eigenvalue weighted by Gasteiger charge is 2.27. The van der Waals surface area contributed by atoms with E-state index in [9.17, 15) is 4.79 Å². The van der Waals surface area contributed by atoms with Gasteiger partial charge in [-0.15, -0.1) is 0 Å². The van der Waals surface area contributed by atoms with Crippen molar-refractivity contribution in [1.82, 2.24) is 15.3 Å². The maximum absolute atomic E-state index is 12.8. The van der Waals surface area contributed by atoms with E-state index >= 15 is 0 Å². The lowest BCUT2D eigenvalue weighted by atomic mass is 10.1. The molecule has 0 spiro atoms. The number of carbonyl (C=O) groups is 1. The molecule has 2 heterocycles. The average Bonchev–Trinajstić information content (AvgIpc) is 3.20. The third-order valence-corrected chi connectivity index (χ3v) is 5.12. The predicted molar refractivity (Wildman–Crippen MR) is 109 cm³/mol. The van der Waals surface area contributed by atoms with Crippen LogP contribution in [0.5, 0.6) is 11.5 Å². The largest absolute Gasteiger partial charge is 0.493 e. The summed E-state index contributed by atoms with van der Waals surface area (Å²) in [5.74, 6) is 2.73. The fourth-order valence-electron chi connectivity index (χ4n) is 3.62. The quantitative estimate of drug-likeness (QED) is 0.756. The summed E-state index contributed by atoms with van der Waals surface area (Å²) in [6.45, 7) is 3.32. The maximum Gasteiger partial charge on any atom is 0.251 e. The molecule has 1 aromatic heterocycles. The lowest BCUT2D eigenvalue weighted by Gasteiger charge is -2.26. The Morgan fingerprint density at radius 1 is 1.29 bits per heavy atom. The first-order valence-electron chi connectivity index (χ1n) is 9.35. The molecule has 1 aliphatic heterocycles. The molecule has 0 saturated carbocycles. The summed E-state index contributed by atoms with van der Waals surface area (Å²) >= 11 is 0. The van der Waals surface area contributed by atoms with Crippen LogP contribution in [0.1, 0.15) is 28.8 Å². The van der Waals surface area contributed by atoms with Crippen LogP contribution in [-0.4, -0.2) is 56.3 Å². The Labute approximate surface area is 165 Å². The maximum atomic E-state index is 12.8. The first-order valence-corrected chi connectivity index (χ1v) is 9.35. The third kappa shape index (κ3) is 3.95. The normalized spacial score (nSPS) is 16.0. The number of hydrogen-bond acceptors (Lipinski definition) is 7. The number of methoxy groups -OCH3 is 2. The molecular weight excluding hydrogens is 358 g/mol. The molecule has 2 aromatic rings. The summed E-state index contributed by atoms with van der Waals surface area (Å²) in [6, 6.07) is 5.65. The molecule has 1 aliphatic rings. The Kier molecular flexibility index (Phi) is 6.18. The number of carbonyl (C=O) groups excluding carboxylic acids is 1. The average molecular weight is 385 g/mol. The van der Waals surface area contributed by atoms with Crippen molar-refractivity contribution in [2.45, 2.75) is 25.8 Å². The van der Waals surface area contributed by atoms with Gasteiger partial charge in [0.25, 0.3) is 5.91 Å². The summed E-state index contributed by atoms with van der Waals surface area (Å²) in [7, 11) is 4.99. The number of aromatic nitrogens is 2. The van der Waals surface area contributed by atoms with Crippen molar-refractivity contribution in [3.8, 4) is 11.5 Å². The van der Waals surface area contributed by atoms with Crippen LogP contribution in [0, 0.1) is 6.92 Å². The SMILES string of the molecule is CNc1cc(N2CCCC2CNC(=O)c2ccc(OC)c(OC)c2C)ncn1. The number of hydrogen-bond donors (Lipinski definition) is 2. The van der Waals surface area contributed by atoms with E-state index in [1.54, 1.807) is 32.7 Å². The highest BCUT2D eigenvalue weighted by atomic mass is 16.5. The number of rotatable bonds is 7. The zero-order valence-electron chi connectivity index (χ0n) is 16.8. The minimum atomic E-state index is -0.121. The Hall–Kier alpha value is -3.03. The third-order valence-electron chi connectivity index (χ3n) is 5.12. The van der Waals surface area contributed by atoms with Crippen molar-refractivity contribution in [1.29, 1.82) is 0 Å². The summed E-state index contributed by atoms with van der Waals surface area (Å²) in [5, 5.41) is 6.10. The van der Waals surface area contributed by atoms with Crippen molar-refractivity contribution >= 4 is 17.5 Å². The van der Waals surface area contributed by atoms with Crippen LogP contribution >= 0.6 is 0 Å². The Morgan fingerprint density at radius 3 is 2.82 bits per heavy atom. The second-order valence-corrected chi connectivity index (χ2v) is 6.68. The number of nitrogens with zero attached hydrogens (tertiary/aromatic N) is 3. The van der Waals surface area contributed by atoms with Crippen LogP contribution in [0.3, 0.4) is 0 Å². The molecule has 1 aromatic carbocycles. The van der Waals surface area contributed by atoms with E-state index in [0.29, 0.717) is 23.6 Å². The van der Waals surface area contributed by atoms with Gasteiger partial charge in [-0.1, -0.05) is 0 Å². The van der Waals surface area contributed by atoms with Crippen molar-refractivity contribution in [2.75, 3.05) is 44.6 Å². The van der Waals surface area contributed by atoms with Gasteiger partial charge in [-0.3, -0.25) is 4.79 Å². The molecule has 2 N–H and O–H groups in total. The van der Waals surface area contributed by atoms with Gasteiger partial charge in [-0.05, 0) is 31.9 Å². The number of ether oxygens (including phenoxy) is 2. The molecule has 150 valence electrons. The van der Waals surface area contributed by atoms with Crippen LogP contribution in [0.25, 0.3) is 0 Å². The van der Waals surface area contributed by atoms with Crippen molar-refractivity contribution in [3.05, 3.63) is 35.7 Å². The fourth-order valence-corrected chi connectivity index (χ4v) is 3.62. The van der Waals surface area contributed by atoms with Crippen LogP contribution in [0.4, 0.5) is 11.6 Å². The summed E-state index contributed by atoms with van der Waals surface area (Å²) < 4.78 is 10.7. The molecule has 8 heteroatoms. The number of anilines is 2. The summed E-state index contributed by atoms with van der Waals surface area (Å²) in [6.07, 6.45) is 3.63. The molecule has 28 heavy (non-hydrogen) atoms. The second kappa shape index (κ2) is 8.77. The first-order chi connectivity index (χ1) is 13.6. The summed E-state index contributed by atoms with van der Waals surface area (Å²) in [4.78, 5) is 23.6. The van der Waals surface area contributed by atoms with Gasteiger partial charge >= 0.3 is 0 Å². The molecular formula is C20H27N5O3. The molecule has 8 nitrogen and oxygen atoms in total. The monoisotopic (exact) mass is 385 g/mol. The zero-order valence-corrected chi connectivity index (χ0v) is 16.8. The molecule has 0 aliphatic carbocycles. The topological polar surface area (TPSA) is 88.6 Å². The highest BCUT2D eigenvalue weighted by Crippen LogP contribution is 2.32. The molecule has 3 rings (SSSR count). The minimum absolute atomic E-state index is 0.121. The van der Waals surface area contributed by atoms with Crippen LogP contribution in [-0.2, 0) is 0 Å². The van der Waals surface area contributed by atoms with Crippen LogP contribution < -0.4 is 25.0 Å². The van der Waals surface area contributed by atoms with Gasteiger partial charge in [0.15, 0.2) is 11.5 Å². The van der Waals surface area contributed by atoms with E-state index in [-0.39, 0.29) is 11.9 Å². The van der Waals surface area contributed by atoms with Crippen molar-refractivity contribution in [3.63, 3.8) is 0 Å². The van der Waals surface area contributed by atoms with Crippen molar-refractivity contribution in [2.24, 2.45) is 0 Å². The van der Waals surface area contributed by atoms with E-state index in [1.165, 1.54) is 0 Å². The fraction of sp³-hybridized carbons (Fsp3) is 0.450. The standard InChI is InChI=1S/C20H27N5O3/c1-13-15(7-8-16(27-3)19(13)28-4)20(26)22-11-14-6-5-9-25(14)18-10-17(21-2)23-12-24-18/h7-8,10,12,14H,5-6,9,11H2,1-4H3,(H,22,26)(H,21,23,24). The highest BCUT2D eigenvalue weighted by molar-refractivity contribution is 5.96. The van der Waals surface area contributed by atoms with Gasteiger partial charge < -0.3 is 25.0 Å². The number of nitrogens with one attached hydrogen (secondary N) is 2. The molecule has 0 bridgehead atoms. The second-order valence-electron chi connectivity index (χ2n) is 6.68. The number of benzene rings is 1. The summed E-state index contributed by atoms with van der Waals surface area (Å²) in [5.41, 5.74) is 1.35.